The van der Waals surface area contributed by atoms with Gasteiger partial charge in [0.1, 0.15) is 5.76 Å². The second-order valence-electron chi connectivity index (χ2n) is 4.70. The van der Waals surface area contributed by atoms with Crippen LogP contribution in [0.15, 0.2) is 41.0 Å². The Labute approximate surface area is 133 Å². The zero-order valence-electron chi connectivity index (χ0n) is 12.1. The Balaban J connectivity index is 1.75. The fraction of sp³-hybridized carbons (Fsp3) is 0.250. The largest absolute Gasteiger partial charge is 0.469 e. The topological polar surface area (TPSA) is 68.5 Å². The van der Waals surface area contributed by atoms with Crippen molar-refractivity contribution >= 4 is 29.2 Å². The summed E-state index contributed by atoms with van der Waals surface area (Å²) in [5.41, 5.74) is 1.37. The molecular formula is C16H16ClNO4. The van der Waals surface area contributed by atoms with Gasteiger partial charge in [0.15, 0.2) is 6.61 Å². The van der Waals surface area contributed by atoms with Crippen molar-refractivity contribution < 1.29 is 18.7 Å². The van der Waals surface area contributed by atoms with E-state index in [0.717, 1.165) is 5.56 Å². The van der Waals surface area contributed by atoms with Crippen molar-refractivity contribution in [2.24, 2.45) is 0 Å². The van der Waals surface area contributed by atoms with Crippen LogP contribution >= 0.6 is 11.6 Å². The first-order chi connectivity index (χ1) is 10.6. The summed E-state index contributed by atoms with van der Waals surface area (Å²) in [7, 11) is 0. The molecule has 1 amide bonds. The van der Waals surface area contributed by atoms with Gasteiger partial charge in [-0.2, -0.15) is 0 Å². The van der Waals surface area contributed by atoms with Crippen LogP contribution in [0, 0.1) is 6.92 Å². The highest BCUT2D eigenvalue weighted by molar-refractivity contribution is 6.31. The van der Waals surface area contributed by atoms with E-state index in [1.54, 1.807) is 43.5 Å². The highest BCUT2D eigenvalue weighted by atomic mass is 35.5. The first-order valence-electron chi connectivity index (χ1n) is 6.79. The second-order valence-corrected chi connectivity index (χ2v) is 5.11. The van der Waals surface area contributed by atoms with E-state index in [0.29, 0.717) is 22.9 Å². The lowest BCUT2D eigenvalue weighted by atomic mass is 10.2. The number of aryl methyl sites for hydroxylation is 1. The Morgan fingerprint density at radius 3 is 2.82 bits per heavy atom. The summed E-state index contributed by atoms with van der Waals surface area (Å²) >= 11 is 5.97. The summed E-state index contributed by atoms with van der Waals surface area (Å²) in [6.45, 7) is 1.47. The molecular weight excluding hydrogens is 306 g/mol. The molecule has 0 fully saturated rings. The van der Waals surface area contributed by atoms with E-state index in [1.165, 1.54) is 0 Å². The van der Waals surface area contributed by atoms with Crippen molar-refractivity contribution in [3.63, 3.8) is 0 Å². The molecule has 0 radical (unpaired) electrons. The number of carbonyl (C=O) groups excluding carboxylic acids is 2. The maximum Gasteiger partial charge on any atom is 0.306 e. The highest BCUT2D eigenvalue weighted by Crippen LogP contribution is 2.22. The Morgan fingerprint density at radius 2 is 2.09 bits per heavy atom. The van der Waals surface area contributed by atoms with Gasteiger partial charge in [0.25, 0.3) is 5.91 Å². The van der Waals surface area contributed by atoms with Gasteiger partial charge in [-0.05, 0) is 36.8 Å². The third kappa shape index (κ3) is 4.63. The molecule has 0 spiro atoms. The fourth-order valence-electron chi connectivity index (χ4n) is 1.83. The number of nitrogens with one attached hydrogen (secondary N) is 1. The van der Waals surface area contributed by atoms with Crippen LogP contribution in [0.5, 0.6) is 0 Å². The lowest BCUT2D eigenvalue weighted by molar-refractivity contribution is -0.147. The minimum atomic E-state index is -0.450. The molecule has 2 aromatic rings. The summed E-state index contributed by atoms with van der Waals surface area (Å²) in [6.07, 6.45) is 2.15. The van der Waals surface area contributed by atoms with Crippen molar-refractivity contribution in [1.82, 2.24) is 0 Å². The molecule has 22 heavy (non-hydrogen) atoms. The van der Waals surface area contributed by atoms with E-state index >= 15 is 0 Å². The van der Waals surface area contributed by atoms with Crippen molar-refractivity contribution in [3.8, 4) is 0 Å². The van der Waals surface area contributed by atoms with Gasteiger partial charge in [0, 0.05) is 17.1 Å². The van der Waals surface area contributed by atoms with Crippen LogP contribution in [0.2, 0.25) is 5.02 Å². The molecule has 6 heteroatoms. The van der Waals surface area contributed by atoms with Crippen molar-refractivity contribution in [2.75, 3.05) is 11.9 Å². The maximum atomic E-state index is 11.8. The number of carbonyl (C=O) groups is 2. The van der Waals surface area contributed by atoms with E-state index in [1.807, 2.05) is 0 Å². The van der Waals surface area contributed by atoms with Crippen LogP contribution in [-0.2, 0) is 20.7 Å². The number of furan rings is 1. The molecule has 0 bridgehead atoms. The lowest BCUT2D eigenvalue weighted by Gasteiger charge is -2.09. The Hall–Kier alpha value is -2.27. The van der Waals surface area contributed by atoms with E-state index in [9.17, 15) is 9.59 Å². The standard InChI is InChI=1S/C16H16ClNO4/c1-11-13(17)5-2-6-14(11)18-15(19)10-22-16(20)8-7-12-4-3-9-21-12/h2-6,9H,7-8,10H2,1H3,(H,18,19). The van der Waals surface area contributed by atoms with Gasteiger partial charge in [-0.15, -0.1) is 0 Å². The van der Waals surface area contributed by atoms with E-state index in [2.05, 4.69) is 5.32 Å². The predicted octanol–water partition coefficient (Wildman–Crippen LogP) is 3.36. The summed E-state index contributed by atoms with van der Waals surface area (Å²) < 4.78 is 10.0. The van der Waals surface area contributed by atoms with Crippen LogP contribution < -0.4 is 5.32 Å². The van der Waals surface area contributed by atoms with Crippen molar-refractivity contribution in [2.45, 2.75) is 19.8 Å². The molecule has 2 rings (SSSR count). The molecule has 116 valence electrons. The van der Waals surface area contributed by atoms with Crippen LogP contribution in [0.3, 0.4) is 0 Å². The Kier molecular flexibility index (Phi) is 5.61. The Morgan fingerprint density at radius 1 is 1.27 bits per heavy atom. The fourth-order valence-corrected chi connectivity index (χ4v) is 2.00. The number of hydrogen-bond acceptors (Lipinski definition) is 4. The first kappa shape index (κ1) is 16.1. The second kappa shape index (κ2) is 7.66. The van der Waals surface area contributed by atoms with Gasteiger partial charge in [-0.3, -0.25) is 9.59 Å². The van der Waals surface area contributed by atoms with Gasteiger partial charge < -0.3 is 14.5 Å². The number of hydrogen-bond donors (Lipinski definition) is 1. The quantitative estimate of drug-likeness (QED) is 0.828. The molecule has 1 heterocycles. The van der Waals surface area contributed by atoms with Crippen molar-refractivity contribution in [1.29, 1.82) is 0 Å². The molecule has 1 aromatic heterocycles. The highest BCUT2D eigenvalue weighted by Gasteiger charge is 2.10. The zero-order chi connectivity index (χ0) is 15.9. The minimum Gasteiger partial charge on any atom is -0.469 e. The SMILES string of the molecule is Cc1c(Cl)cccc1NC(=O)COC(=O)CCc1ccco1. The molecule has 0 aliphatic heterocycles. The van der Waals surface area contributed by atoms with Crippen LogP contribution in [0.4, 0.5) is 5.69 Å². The first-order valence-corrected chi connectivity index (χ1v) is 7.17. The van der Waals surface area contributed by atoms with Crippen LogP contribution in [-0.4, -0.2) is 18.5 Å². The van der Waals surface area contributed by atoms with Gasteiger partial charge >= 0.3 is 5.97 Å². The molecule has 0 aliphatic carbocycles. The summed E-state index contributed by atoms with van der Waals surface area (Å²) in [5.74, 6) is -0.151. The monoisotopic (exact) mass is 321 g/mol. The number of amides is 1. The lowest BCUT2D eigenvalue weighted by Crippen LogP contribution is -2.21. The van der Waals surface area contributed by atoms with Crippen molar-refractivity contribution in [3.05, 3.63) is 52.9 Å². The van der Waals surface area contributed by atoms with Crippen LogP contribution in [0.1, 0.15) is 17.7 Å². The van der Waals surface area contributed by atoms with Gasteiger partial charge in [-0.1, -0.05) is 17.7 Å². The van der Waals surface area contributed by atoms with Gasteiger partial charge in [0.2, 0.25) is 0 Å². The normalized spacial score (nSPS) is 10.3. The maximum absolute atomic E-state index is 11.8. The Bertz CT molecular complexity index is 652. The number of ether oxygens (including phenoxy) is 1. The molecule has 5 nitrogen and oxygen atoms in total. The molecule has 1 N–H and O–H groups in total. The smallest absolute Gasteiger partial charge is 0.306 e. The number of rotatable bonds is 6. The minimum absolute atomic E-state index is 0.164. The third-order valence-corrected chi connectivity index (χ3v) is 3.47. The molecule has 0 saturated heterocycles. The van der Waals surface area contributed by atoms with E-state index in [-0.39, 0.29) is 13.0 Å². The molecule has 0 saturated carbocycles. The molecule has 1 aromatic carbocycles. The summed E-state index contributed by atoms with van der Waals surface area (Å²) in [5, 5.41) is 3.22. The average Bonchev–Trinajstić information content (AvgIpc) is 3.01. The molecule has 0 atom stereocenters. The molecule has 0 aliphatic rings. The average molecular weight is 322 g/mol. The number of benzene rings is 1. The number of anilines is 1. The predicted molar refractivity (Wildman–Crippen MR) is 82.8 cm³/mol. The van der Waals surface area contributed by atoms with E-state index < -0.39 is 11.9 Å². The summed E-state index contributed by atoms with van der Waals surface area (Å²) in [4.78, 5) is 23.3. The number of esters is 1. The van der Waals surface area contributed by atoms with Gasteiger partial charge in [-0.25, -0.2) is 0 Å². The van der Waals surface area contributed by atoms with E-state index in [4.69, 9.17) is 20.8 Å². The summed E-state index contributed by atoms with van der Waals surface area (Å²) in [6, 6.07) is 8.74. The number of halogens is 1. The van der Waals surface area contributed by atoms with Gasteiger partial charge in [0.05, 0.1) is 12.7 Å². The van der Waals surface area contributed by atoms with Crippen LogP contribution in [0.25, 0.3) is 0 Å². The zero-order valence-corrected chi connectivity index (χ0v) is 12.9. The third-order valence-electron chi connectivity index (χ3n) is 3.06. The molecule has 0 unspecified atom stereocenters.